The number of aryl methyl sites for hydroxylation is 4. The van der Waals surface area contributed by atoms with E-state index in [1.54, 1.807) is 10.9 Å². The molecule has 190 valence electrons. The third-order valence-corrected chi connectivity index (χ3v) is 8.03. The van der Waals surface area contributed by atoms with Crippen molar-refractivity contribution in [2.45, 2.75) is 53.2 Å². The van der Waals surface area contributed by atoms with Crippen LogP contribution in [0.5, 0.6) is 0 Å². The second-order valence-electron chi connectivity index (χ2n) is 10.8. The van der Waals surface area contributed by atoms with Crippen LogP contribution < -0.4 is 11.1 Å². The molecule has 8 nitrogen and oxygen atoms in total. The molecule has 0 aliphatic rings. The summed E-state index contributed by atoms with van der Waals surface area (Å²) in [5.41, 5.74) is 13.4. The van der Waals surface area contributed by atoms with Gasteiger partial charge in [-0.25, -0.2) is 4.68 Å². The molecule has 4 rings (SSSR count). The SMILES string of the molecule is Cc1cc2c(cc1C(=O)Nc1c(C)cc(N)cc1C)c(-c1cnn(C)c1)nn2COCC[Si](C)(C)C. The first-order valence-corrected chi connectivity index (χ1v) is 15.9. The van der Waals surface area contributed by atoms with E-state index in [0.717, 1.165) is 50.6 Å². The van der Waals surface area contributed by atoms with Crippen molar-refractivity contribution in [2.75, 3.05) is 17.7 Å². The minimum Gasteiger partial charge on any atom is -0.399 e. The Balaban J connectivity index is 1.72. The number of carbonyl (C=O) groups excluding carboxylic acids is 1. The minimum absolute atomic E-state index is 0.165. The Morgan fingerprint density at radius 2 is 1.78 bits per heavy atom. The minimum atomic E-state index is -1.18. The van der Waals surface area contributed by atoms with Crippen LogP contribution >= 0.6 is 0 Å². The van der Waals surface area contributed by atoms with Gasteiger partial charge in [-0.3, -0.25) is 9.48 Å². The Morgan fingerprint density at radius 3 is 2.39 bits per heavy atom. The summed E-state index contributed by atoms with van der Waals surface area (Å²) in [5.74, 6) is -0.165. The highest BCUT2D eigenvalue weighted by molar-refractivity contribution is 6.76. The van der Waals surface area contributed by atoms with Gasteiger partial charge < -0.3 is 15.8 Å². The second-order valence-corrected chi connectivity index (χ2v) is 16.4. The molecule has 0 saturated heterocycles. The average Bonchev–Trinajstić information content (AvgIpc) is 3.35. The highest BCUT2D eigenvalue weighted by atomic mass is 28.3. The van der Waals surface area contributed by atoms with E-state index in [0.29, 0.717) is 24.6 Å². The van der Waals surface area contributed by atoms with E-state index < -0.39 is 8.07 Å². The molecule has 1 amide bonds. The van der Waals surface area contributed by atoms with Crippen LogP contribution in [-0.2, 0) is 18.5 Å². The van der Waals surface area contributed by atoms with Crippen molar-refractivity contribution < 1.29 is 9.53 Å². The van der Waals surface area contributed by atoms with E-state index in [4.69, 9.17) is 15.6 Å². The zero-order valence-electron chi connectivity index (χ0n) is 22.3. The van der Waals surface area contributed by atoms with Crippen molar-refractivity contribution in [2.24, 2.45) is 7.05 Å². The summed E-state index contributed by atoms with van der Waals surface area (Å²) in [4.78, 5) is 13.4. The molecule has 9 heteroatoms. The Labute approximate surface area is 213 Å². The molecular weight excluding hydrogens is 468 g/mol. The summed E-state index contributed by atoms with van der Waals surface area (Å²) >= 11 is 0. The van der Waals surface area contributed by atoms with Crippen LogP contribution in [0.4, 0.5) is 11.4 Å². The Morgan fingerprint density at radius 1 is 1.08 bits per heavy atom. The van der Waals surface area contributed by atoms with Crippen molar-refractivity contribution in [1.29, 1.82) is 0 Å². The van der Waals surface area contributed by atoms with Gasteiger partial charge in [0.1, 0.15) is 12.4 Å². The molecule has 0 bridgehead atoms. The molecule has 2 aromatic heterocycles. The third kappa shape index (κ3) is 5.52. The van der Waals surface area contributed by atoms with Crippen molar-refractivity contribution >= 4 is 36.3 Å². The van der Waals surface area contributed by atoms with Crippen molar-refractivity contribution in [3.63, 3.8) is 0 Å². The molecule has 0 spiro atoms. The zero-order chi connectivity index (χ0) is 26.2. The van der Waals surface area contributed by atoms with Crippen LogP contribution in [0.3, 0.4) is 0 Å². The predicted octanol–water partition coefficient (Wildman–Crippen LogP) is 5.51. The number of ether oxygens (including phenoxy) is 1. The standard InChI is InChI=1S/C27H36N6O2Si/c1-17-12-24-23(13-22(17)27(34)30-25-18(2)10-21(28)11-19(25)3)26(20-14-29-32(4)15-20)31-33(24)16-35-8-9-36(5,6)7/h10-15H,8-9,16,28H2,1-7H3,(H,30,34). The number of fused-ring (bicyclic) bond motifs is 1. The third-order valence-electron chi connectivity index (χ3n) is 6.32. The molecule has 3 N–H and O–H groups in total. The molecule has 0 atom stereocenters. The maximum absolute atomic E-state index is 13.4. The molecule has 0 fully saturated rings. The van der Waals surface area contributed by atoms with E-state index in [2.05, 4.69) is 30.1 Å². The van der Waals surface area contributed by atoms with Gasteiger partial charge in [-0.2, -0.15) is 10.2 Å². The lowest BCUT2D eigenvalue weighted by atomic mass is 10.0. The number of anilines is 2. The lowest BCUT2D eigenvalue weighted by Crippen LogP contribution is -2.22. The topological polar surface area (TPSA) is 100.0 Å². The van der Waals surface area contributed by atoms with Crippen molar-refractivity contribution in [3.8, 4) is 11.3 Å². The quantitative estimate of drug-likeness (QED) is 0.187. The van der Waals surface area contributed by atoms with Crippen LogP contribution in [-0.4, -0.2) is 40.1 Å². The largest absolute Gasteiger partial charge is 0.399 e. The molecule has 0 radical (unpaired) electrons. The van der Waals surface area contributed by atoms with Gasteiger partial charge in [0.25, 0.3) is 5.91 Å². The molecule has 36 heavy (non-hydrogen) atoms. The molecule has 0 aliphatic heterocycles. The summed E-state index contributed by atoms with van der Waals surface area (Å²) in [6.07, 6.45) is 3.72. The fraction of sp³-hybridized carbons (Fsp3) is 0.370. The molecular formula is C27H36N6O2Si. The van der Waals surface area contributed by atoms with E-state index in [9.17, 15) is 4.79 Å². The smallest absolute Gasteiger partial charge is 0.255 e. The molecule has 4 aromatic rings. The molecule has 0 saturated carbocycles. The number of nitrogen functional groups attached to an aromatic ring is 1. The monoisotopic (exact) mass is 504 g/mol. The number of aromatic nitrogens is 4. The number of amides is 1. The van der Waals surface area contributed by atoms with E-state index in [-0.39, 0.29) is 5.91 Å². The number of nitrogens with two attached hydrogens (primary N) is 1. The lowest BCUT2D eigenvalue weighted by molar-refractivity contribution is 0.0818. The van der Waals surface area contributed by atoms with Crippen molar-refractivity contribution in [3.05, 3.63) is 58.9 Å². The fourth-order valence-corrected chi connectivity index (χ4v) is 5.09. The van der Waals surface area contributed by atoms with Crippen LogP contribution in [0.25, 0.3) is 22.2 Å². The predicted molar refractivity (Wildman–Crippen MR) is 149 cm³/mol. The van der Waals surface area contributed by atoms with Gasteiger partial charge in [0, 0.05) is 55.8 Å². The second kappa shape index (κ2) is 9.91. The Bertz CT molecular complexity index is 1410. The van der Waals surface area contributed by atoms with Gasteiger partial charge in [-0.05, 0) is 67.8 Å². The first-order chi connectivity index (χ1) is 16.9. The van der Waals surface area contributed by atoms with E-state index >= 15 is 0 Å². The molecule has 2 aromatic carbocycles. The fourth-order valence-electron chi connectivity index (χ4n) is 4.33. The molecule has 0 aliphatic carbocycles. The van der Waals surface area contributed by atoms with E-state index in [1.807, 2.05) is 63.0 Å². The summed E-state index contributed by atoms with van der Waals surface area (Å²) in [5, 5.41) is 13.2. The van der Waals surface area contributed by atoms with Gasteiger partial charge in [0.05, 0.1) is 11.7 Å². The maximum Gasteiger partial charge on any atom is 0.255 e. The van der Waals surface area contributed by atoms with Crippen LogP contribution in [0.1, 0.15) is 27.0 Å². The summed E-state index contributed by atoms with van der Waals surface area (Å²) in [6.45, 7) is 13.9. The van der Waals surface area contributed by atoms with Gasteiger partial charge in [0.2, 0.25) is 0 Å². The highest BCUT2D eigenvalue weighted by Crippen LogP contribution is 2.31. The van der Waals surface area contributed by atoms with Crippen molar-refractivity contribution in [1.82, 2.24) is 19.6 Å². The number of nitrogens with one attached hydrogen (secondary N) is 1. The molecule has 2 heterocycles. The maximum atomic E-state index is 13.4. The summed E-state index contributed by atoms with van der Waals surface area (Å²) in [7, 11) is 0.694. The number of benzene rings is 2. The number of carbonyl (C=O) groups is 1. The van der Waals surface area contributed by atoms with E-state index in [1.165, 1.54) is 0 Å². The highest BCUT2D eigenvalue weighted by Gasteiger charge is 2.20. The lowest BCUT2D eigenvalue weighted by Gasteiger charge is -2.15. The summed E-state index contributed by atoms with van der Waals surface area (Å²) < 4.78 is 9.64. The Hall–Kier alpha value is -3.43. The number of hydrogen-bond acceptors (Lipinski definition) is 5. The van der Waals surface area contributed by atoms with Gasteiger partial charge in [0.15, 0.2) is 0 Å². The Kier molecular flexibility index (Phi) is 7.06. The van der Waals surface area contributed by atoms with Crippen LogP contribution in [0, 0.1) is 20.8 Å². The number of hydrogen-bond donors (Lipinski definition) is 2. The first kappa shape index (κ1) is 25.7. The summed E-state index contributed by atoms with van der Waals surface area (Å²) in [6, 6.07) is 8.77. The van der Waals surface area contributed by atoms with Gasteiger partial charge >= 0.3 is 0 Å². The number of rotatable bonds is 8. The molecule has 0 unspecified atom stereocenters. The average molecular weight is 505 g/mol. The normalized spacial score (nSPS) is 11.9. The zero-order valence-corrected chi connectivity index (χ0v) is 23.3. The number of nitrogens with zero attached hydrogens (tertiary/aromatic N) is 4. The first-order valence-electron chi connectivity index (χ1n) is 12.2. The van der Waals surface area contributed by atoms with Crippen LogP contribution in [0.15, 0.2) is 36.7 Å². The van der Waals surface area contributed by atoms with Gasteiger partial charge in [-0.1, -0.05) is 19.6 Å². The van der Waals surface area contributed by atoms with Gasteiger partial charge in [-0.15, -0.1) is 0 Å². The van der Waals surface area contributed by atoms with Crippen LogP contribution in [0.2, 0.25) is 25.7 Å².